The van der Waals surface area contributed by atoms with Gasteiger partial charge in [-0.25, -0.2) is 4.98 Å². The van der Waals surface area contributed by atoms with Crippen molar-refractivity contribution in [1.29, 1.82) is 5.41 Å². The number of thiazole rings is 1. The molecule has 0 atom stereocenters. The molecule has 6 nitrogen and oxygen atoms in total. The van der Waals surface area contributed by atoms with Gasteiger partial charge in [0.2, 0.25) is 0 Å². The number of fused-ring (bicyclic) bond motifs is 1. The number of anilines is 1. The fourth-order valence-corrected chi connectivity index (χ4v) is 4.03. The number of aliphatic hydroxyl groups is 1. The number of benzene rings is 2. The molecule has 0 unspecified atom stereocenters. The Morgan fingerprint density at radius 2 is 1.88 bits per heavy atom. The first-order valence-electron chi connectivity index (χ1n) is 7.99. The summed E-state index contributed by atoms with van der Waals surface area (Å²) in [5.74, 6) is 1.55. The van der Waals surface area contributed by atoms with Crippen LogP contribution in [0, 0.1) is 5.41 Å². The van der Waals surface area contributed by atoms with Gasteiger partial charge in [0.25, 0.3) is 0 Å². The lowest BCUT2D eigenvalue weighted by Gasteiger charge is -2.20. The van der Waals surface area contributed by atoms with Crippen LogP contribution < -0.4 is 14.4 Å². The summed E-state index contributed by atoms with van der Waals surface area (Å²) in [5, 5.41) is 19.7. The van der Waals surface area contributed by atoms with Gasteiger partial charge in [0.1, 0.15) is 16.6 Å². The third-order valence-electron chi connectivity index (χ3n) is 4.29. The zero-order valence-electron chi connectivity index (χ0n) is 14.3. The van der Waals surface area contributed by atoms with E-state index in [1.54, 1.807) is 31.3 Å². The number of amidine groups is 1. The number of nitrogens with zero attached hydrogens (tertiary/aromatic N) is 2. The largest absolute Gasteiger partial charge is 0.510 e. The van der Waals surface area contributed by atoms with Crippen molar-refractivity contribution in [3.63, 3.8) is 0 Å². The smallest absolute Gasteiger partial charge is 0.162 e. The fourth-order valence-electron chi connectivity index (χ4n) is 3.00. The highest BCUT2D eigenvalue weighted by Crippen LogP contribution is 2.37. The minimum Gasteiger partial charge on any atom is -0.510 e. The zero-order valence-corrected chi connectivity index (χ0v) is 15.1. The van der Waals surface area contributed by atoms with Crippen molar-refractivity contribution in [1.82, 2.24) is 4.98 Å². The Kier molecular flexibility index (Phi) is 4.00. The Bertz CT molecular complexity index is 1010. The third kappa shape index (κ3) is 2.57. The molecule has 0 bridgehead atoms. The van der Waals surface area contributed by atoms with E-state index >= 15 is 0 Å². The van der Waals surface area contributed by atoms with Crippen LogP contribution in [0.15, 0.2) is 48.2 Å². The van der Waals surface area contributed by atoms with E-state index in [9.17, 15) is 5.11 Å². The van der Waals surface area contributed by atoms with E-state index in [0.717, 1.165) is 15.9 Å². The molecular formula is C19H17N3O3S. The van der Waals surface area contributed by atoms with Gasteiger partial charge in [-0.15, -0.1) is 11.3 Å². The first kappa shape index (κ1) is 16.4. The first-order chi connectivity index (χ1) is 12.6. The van der Waals surface area contributed by atoms with Crippen LogP contribution in [-0.2, 0) is 0 Å². The fraction of sp³-hybridized carbons (Fsp3) is 0.158. The van der Waals surface area contributed by atoms with Crippen LogP contribution >= 0.6 is 11.3 Å². The van der Waals surface area contributed by atoms with Crippen molar-refractivity contribution in [3.8, 4) is 11.5 Å². The number of methoxy groups -OCH3 is 2. The van der Waals surface area contributed by atoms with Gasteiger partial charge >= 0.3 is 0 Å². The Morgan fingerprint density at radius 1 is 1.12 bits per heavy atom. The van der Waals surface area contributed by atoms with Crippen molar-refractivity contribution < 1.29 is 14.6 Å². The molecule has 0 saturated heterocycles. The highest BCUT2D eigenvalue weighted by Gasteiger charge is 2.31. The van der Waals surface area contributed by atoms with Gasteiger partial charge in [0.05, 0.1) is 36.6 Å². The van der Waals surface area contributed by atoms with Crippen LogP contribution in [0.25, 0.3) is 15.8 Å². The lowest BCUT2D eigenvalue weighted by molar-refractivity contribution is 0.355. The molecule has 0 fully saturated rings. The number of hydrogen-bond donors (Lipinski definition) is 2. The average Bonchev–Trinajstić information content (AvgIpc) is 3.21. The van der Waals surface area contributed by atoms with Gasteiger partial charge < -0.3 is 19.5 Å². The van der Waals surface area contributed by atoms with E-state index in [0.29, 0.717) is 22.1 Å². The highest BCUT2D eigenvalue weighted by molar-refractivity contribution is 7.19. The molecule has 3 aromatic rings. The summed E-state index contributed by atoms with van der Waals surface area (Å²) in [6.45, 7) is 0.222. The Hall–Kier alpha value is -3.06. The predicted molar refractivity (Wildman–Crippen MR) is 104 cm³/mol. The van der Waals surface area contributed by atoms with Gasteiger partial charge in [-0.2, -0.15) is 0 Å². The number of hydrogen-bond acceptors (Lipinski definition) is 6. The summed E-state index contributed by atoms with van der Waals surface area (Å²) in [5.41, 5.74) is 2.08. The summed E-state index contributed by atoms with van der Waals surface area (Å²) in [6, 6.07) is 13.2. The summed E-state index contributed by atoms with van der Waals surface area (Å²) in [7, 11) is 3.15. The molecule has 132 valence electrons. The summed E-state index contributed by atoms with van der Waals surface area (Å²) < 4.78 is 11.6. The van der Waals surface area contributed by atoms with Crippen molar-refractivity contribution in [3.05, 3.63) is 53.2 Å². The lowest BCUT2D eigenvalue weighted by Crippen LogP contribution is -2.26. The van der Waals surface area contributed by atoms with Crippen LogP contribution in [-0.4, -0.2) is 36.7 Å². The maximum atomic E-state index is 10.5. The predicted octanol–water partition coefficient (Wildman–Crippen LogP) is 4.08. The molecule has 2 N–H and O–H groups in total. The van der Waals surface area contributed by atoms with Crippen LogP contribution in [0.5, 0.6) is 11.5 Å². The zero-order chi connectivity index (χ0) is 18.3. The van der Waals surface area contributed by atoms with E-state index in [4.69, 9.17) is 14.9 Å². The molecule has 1 aliphatic heterocycles. The summed E-state index contributed by atoms with van der Waals surface area (Å²) in [6.07, 6.45) is 0. The molecule has 1 aliphatic rings. The van der Waals surface area contributed by atoms with Gasteiger partial charge in [-0.1, -0.05) is 12.1 Å². The van der Waals surface area contributed by atoms with Crippen molar-refractivity contribution in [2.45, 2.75) is 0 Å². The van der Waals surface area contributed by atoms with Crippen molar-refractivity contribution >= 4 is 38.6 Å². The molecule has 0 spiro atoms. The maximum absolute atomic E-state index is 10.5. The highest BCUT2D eigenvalue weighted by atomic mass is 32.1. The molecule has 26 heavy (non-hydrogen) atoms. The Balaban J connectivity index is 1.70. The van der Waals surface area contributed by atoms with E-state index in [1.807, 2.05) is 30.3 Å². The second-order valence-electron chi connectivity index (χ2n) is 5.78. The summed E-state index contributed by atoms with van der Waals surface area (Å²) in [4.78, 5) is 6.29. The monoisotopic (exact) mass is 367 g/mol. The molecule has 7 heteroatoms. The second-order valence-corrected chi connectivity index (χ2v) is 6.81. The topological polar surface area (TPSA) is 78.7 Å². The minimum atomic E-state index is 0.142. The molecule has 0 aliphatic carbocycles. The number of aromatic nitrogens is 1. The molecule has 0 saturated carbocycles. The van der Waals surface area contributed by atoms with Crippen LogP contribution in [0.4, 0.5) is 5.69 Å². The standard InChI is InChI=1S/C19H17N3O3S/c1-24-14-8-7-11(9-15(14)25-2)22-10-13(23)17(18(22)20)19-21-12-5-3-4-6-16(12)26-19/h3-9,20,23H,10H2,1-2H3. The normalized spacial score (nSPS) is 14.4. The Labute approximate surface area is 154 Å². The number of nitrogens with one attached hydrogen (secondary N) is 1. The minimum absolute atomic E-state index is 0.142. The second kappa shape index (κ2) is 6.34. The van der Waals surface area contributed by atoms with E-state index in [1.165, 1.54) is 11.3 Å². The molecule has 0 amide bonds. The van der Waals surface area contributed by atoms with E-state index in [2.05, 4.69) is 4.98 Å². The Morgan fingerprint density at radius 3 is 2.62 bits per heavy atom. The molecular weight excluding hydrogens is 350 g/mol. The number of ether oxygens (including phenoxy) is 2. The van der Waals surface area contributed by atoms with Crippen LogP contribution in [0.2, 0.25) is 0 Å². The van der Waals surface area contributed by atoms with E-state index < -0.39 is 0 Å². The van der Waals surface area contributed by atoms with Crippen molar-refractivity contribution in [2.75, 3.05) is 25.7 Å². The molecule has 2 heterocycles. The van der Waals surface area contributed by atoms with Gasteiger partial charge in [-0.3, -0.25) is 5.41 Å². The van der Waals surface area contributed by atoms with Gasteiger partial charge in [0, 0.05) is 11.8 Å². The number of para-hydroxylation sites is 1. The average molecular weight is 367 g/mol. The molecule has 1 aromatic heterocycles. The number of aliphatic hydroxyl groups excluding tert-OH is 1. The van der Waals surface area contributed by atoms with Crippen molar-refractivity contribution in [2.24, 2.45) is 0 Å². The maximum Gasteiger partial charge on any atom is 0.162 e. The molecule has 2 aromatic carbocycles. The van der Waals surface area contributed by atoms with Gasteiger partial charge in [-0.05, 0) is 24.3 Å². The number of rotatable bonds is 4. The third-order valence-corrected chi connectivity index (χ3v) is 5.34. The lowest BCUT2D eigenvalue weighted by atomic mass is 10.2. The summed E-state index contributed by atoms with van der Waals surface area (Å²) >= 11 is 1.47. The van der Waals surface area contributed by atoms with Crippen LogP contribution in [0.1, 0.15) is 5.01 Å². The molecule has 0 radical (unpaired) electrons. The molecule has 4 rings (SSSR count). The van der Waals surface area contributed by atoms with Gasteiger partial charge in [0.15, 0.2) is 11.5 Å². The SMILES string of the molecule is COc1ccc(N2CC(O)=C(c3nc4ccccc4s3)C2=N)cc1OC. The van der Waals surface area contributed by atoms with Crippen LogP contribution in [0.3, 0.4) is 0 Å². The van der Waals surface area contributed by atoms with E-state index in [-0.39, 0.29) is 18.1 Å². The quantitative estimate of drug-likeness (QED) is 0.726. The first-order valence-corrected chi connectivity index (χ1v) is 8.80.